The summed E-state index contributed by atoms with van der Waals surface area (Å²) in [6, 6.07) is 34.0. The summed E-state index contributed by atoms with van der Waals surface area (Å²) >= 11 is 0. The molecule has 0 heterocycles. The van der Waals surface area contributed by atoms with Crippen LogP contribution in [0.25, 0.3) is 5.32 Å². The van der Waals surface area contributed by atoms with Crippen LogP contribution in [0.2, 0.25) is 0 Å². The normalized spacial score (nSPS) is 9.24. The second kappa shape index (κ2) is 20.2. The van der Waals surface area contributed by atoms with Crippen molar-refractivity contribution in [2.75, 3.05) is 27.2 Å². The molecule has 0 bridgehead atoms. The summed E-state index contributed by atoms with van der Waals surface area (Å²) in [4.78, 5) is 2.16. The molecule has 0 atom stereocenters. The summed E-state index contributed by atoms with van der Waals surface area (Å²) in [5.74, 6) is 0. The van der Waals surface area contributed by atoms with E-state index in [4.69, 9.17) is 0 Å². The van der Waals surface area contributed by atoms with E-state index < -0.39 is 0 Å². The third-order valence-electron chi connectivity index (χ3n) is 4.98. The number of rotatable bonds is 4. The van der Waals surface area contributed by atoms with Gasteiger partial charge in [-0.05, 0) is 41.4 Å². The SMILES string of the molecule is Cc1cc(C)c([N-]CCN(C)C)c(C)c1.[CH2-]c1ccccc1.[CH2-]c1ccccc1.[CH2-]c1ccccc1.[Zr]. The smallest absolute Gasteiger partial charge is 0 e. The van der Waals surface area contributed by atoms with Crippen molar-refractivity contribution in [2.24, 2.45) is 0 Å². The maximum atomic E-state index is 4.64. The standard InChI is InChI=1S/C13H21N2.3C7H7.Zr/c1-10-8-11(2)13(12(3)9-10)14-6-7-15(4)5;3*1-7-5-3-2-4-6-7;/h8-9H,6-7H2,1-5H3;3*2-6H,1H2;/q4*-1;. The molecule has 4 aromatic rings. The van der Waals surface area contributed by atoms with E-state index in [1.807, 2.05) is 91.0 Å². The molecule has 37 heavy (non-hydrogen) atoms. The molecule has 0 fully saturated rings. The molecule has 0 saturated carbocycles. The van der Waals surface area contributed by atoms with Crippen molar-refractivity contribution in [1.82, 2.24) is 4.90 Å². The number of hydrogen-bond acceptors (Lipinski definition) is 1. The van der Waals surface area contributed by atoms with Gasteiger partial charge in [0.05, 0.1) is 0 Å². The second-order valence-corrected chi connectivity index (χ2v) is 8.89. The fraction of sp³-hybridized carbons (Fsp3) is 0.206. The summed E-state index contributed by atoms with van der Waals surface area (Å²) in [5.41, 5.74) is 8.27. The number of hydrogen-bond donors (Lipinski definition) is 0. The van der Waals surface area contributed by atoms with Gasteiger partial charge in [-0.15, -0.1) is 48.6 Å². The van der Waals surface area contributed by atoms with Crippen molar-refractivity contribution in [3.8, 4) is 0 Å². The van der Waals surface area contributed by atoms with Gasteiger partial charge in [-0.3, -0.25) is 0 Å². The van der Waals surface area contributed by atoms with Crippen LogP contribution >= 0.6 is 0 Å². The Hall–Kier alpha value is -2.87. The van der Waals surface area contributed by atoms with Gasteiger partial charge >= 0.3 is 0 Å². The van der Waals surface area contributed by atoms with Gasteiger partial charge in [0.15, 0.2) is 0 Å². The van der Waals surface area contributed by atoms with Gasteiger partial charge in [0.25, 0.3) is 0 Å². The molecule has 0 aliphatic heterocycles. The first kappa shape index (κ1) is 34.1. The first-order valence-electron chi connectivity index (χ1n) is 12.2. The van der Waals surface area contributed by atoms with Crippen LogP contribution in [0.4, 0.5) is 5.69 Å². The summed E-state index contributed by atoms with van der Waals surface area (Å²) < 4.78 is 0. The first-order valence-corrected chi connectivity index (χ1v) is 12.2. The average Bonchev–Trinajstić information content (AvgIpc) is 2.83. The van der Waals surface area contributed by atoms with Gasteiger partial charge in [0, 0.05) is 26.2 Å². The molecule has 196 valence electrons. The van der Waals surface area contributed by atoms with Crippen LogP contribution in [-0.4, -0.2) is 32.1 Å². The number of benzene rings is 4. The predicted molar refractivity (Wildman–Crippen MR) is 160 cm³/mol. The Morgan fingerprint density at radius 1 is 0.595 bits per heavy atom. The Bertz CT molecular complexity index is 966. The molecular formula is C34H42N2Zr-4. The molecule has 0 aliphatic rings. The van der Waals surface area contributed by atoms with E-state index in [-0.39, 0.29) is 26.2 Å². The second-order valence-electron chi connectivity index (χ2n) is 8.89. The van der Waals surface area contributed by atoms with E-state index in [2.05, 4.69) is 78.0 Å². The zero-order valence-corrected chi connectivity index (χ0v) is 25.7. The van der Waals surface area contributed by atoms with Crippen molar-refractivity contribution < 1.29 is 26.2 Å². The van der Waals surface area contributed by atoms with Crippen LogP contribution in [0.3, 0.4) is 0 Å². The zero-order chi connectivity index (χ0) is 26.8. The Morgan fingerprint density at radius 2 is 0.919 bits per heavy atom. The Morgan fingerprint density at radius 3 is 1.16 bits per heavy atom. The summed E-state index contributed by atoms with van der Waals surface area (Å²) in [5, 5.41) is 4.64. The molecule has 0 aromatic heterocycles. The molecule has 3 heteroatoms. The zero-order valence-electron chi connectivity index (χ0n) is 23.2. The number of likely N-dealkylation sites (N-methyl/N-ethyl adjacent to an activating group) is 1. The Kier molecular flexibility index (Phi) is 18.7. The van der Waals surface area contributed by atoms with Crippen molar-refractivity contribution in [2.45, 2.75) is 20.8 Å². The van der Waals surface area contributed by atoms with Crippen molar-refractivity contribution in [3.63, 3.8) is 0 Å². The van der Waals surface area contributed by atoms with Gasteiger partial charge in [-0.2, -0.15) is 73.9 Å². The molecule has 0 spiro atoms. The summed E-state index contributed by atoms with van der Waals surface area (Å²) in [6.07, 6.45) is 0. The van der Waals surface area contributed by atoms with Crippen molar-refractivity contribution >= 4 is 5.69 Å². The van der Waals surface area contributed by atoms with Crippen LogP contribution < -0.4 is 0 Å². The maximum absolute atomic E-state index is 4.64. The van der Waals surface area contributed by atoms with E-state index in [1.165, 1.54) is 22.4 Å². The van der Waals surface area contributed by atoms with Crippen molar-refractivity contribution in [1.29, 1.82) is 0 Å². The van der Waals surface area contributed by atoms with E-state index in [0.717, 1.165) is 29.8 Å². The summed E-state index contributed by atoms with van der Waals surface area (Å²) in [7, 11) is 4.15. The fourth-order valence-corrected chi connectivity index (χ4v) is 3.22. The van der Waals surface area contributed by atoms with Crippen LogP contribution in [0, 0.1) is 41.5 Å². The number of aryl methyl sites for hydroxylation is 3. The number of nitrogens with zero attached hydrogens (tertiary/aromatic N) is 2. The molecule has 0 aliphatic carbocycles. The van der Waals surface area contributed by atoms with E-state index in [0.29, 0.717) is 0 Å². The molecular weight excluding hydrogens is 528 g/mol. The quantitative estimate of drug-likeness (QED) is 0.225. The van der Waals surface area contributed by atoms with E-state index >= 15 is 0 Å². The summed E-state index contributed by atoms with van der Waals surface area (Å²) in [6.45, 7) is 19.4. The van der Waals surface area contributed by atoms with Crippen LogP contribution in [-0.2, 0) is 26.2 Å². The molecule has 2 nitrogen and oxygen atoms in total. The van der Waals surface area contributed by atoms with Crippen LogP contribution in [0.5, 0.6) is 0 Å². The molecule has 0 amide bonds. The minimum absolute atomic E-state index is 0. The third-order valence-corrected chi connectivity index (χ3v) is 4.98. The van der Waals surface area contributed by atoms with E-state index in [1.54, 1.807) is 0 Å². The van der Waals surface area contributed by atoms with Gasteiger partial charge < -0.3 is 10.2 Å². The van der Waals surface area contributed by atoms with Crippen molar-refractivity contribution in [3.05, 3.63) is 163 Å². The fourth-order valence-electron chi connectivity index (χ4n) is 3.22. The van der Waals surface area contributed by atoms with E-state index in [9.17, 15) is 0 Å². The molecule has 4 rings (SSSR count). The monoisotopic (exact) mass is 568 g/mol. The molecule has 4 aromatic carbocycles. The average molecular weight is 570 g/mol. The molecule has 0 unspecified atom stereocenters. The molecule has 0 saturated heterocycles. The first-order chi connectivity index (χ1) is 17.2. The predicted octanol–water partition coefficient (Wildman–Crippen LogP) is 8.78. The van der Waals surface area contributed by atoms with Gasteiger partial charge in [0.2, 0.25) is 0 Å². The van der Waals surface area contributed by atoms with Gasteiger partial charge in [0.1, 0.15) is 0 Å². The van der Waals surface area contributed by atoms with Gasteiger partial charge in [-0.25, -0.2) is 0 Å². The topological polar surface area (TPSA) is 17.3 Å². The molecule has 0 N–H and O–H groups in total. The minimum atomic E-state index is 0. The Balaban J connectivity index is 0.000000497. The largest absolute Gasteiger partial charge is 0.683 e. The Labute approximate surface area is 246 Å². The maximum Gasteiger partial charge on any atom is 0 e. The van der Waals surface area contributed by atoms with Crippen LogP contribution in [0.1, 0.15) is 33.4 Å². The van der Waals surface area contributed by atoms with Crippen LogP contribution in [0.15, 0.2) is 103 Å². The molecule has 0 radical (unpaired) electrons. The van der Waals surface area contributed by atoms with Gasteiger partial charge in [-0.1, -0.05) is 47.0 Å². The third kappa shape index (κ3) is 17.3. The minimum Gasteiger partial charge on any atom is -0.683 e.